The van der Waals surface area contributed by atoms with Gasteiger partial charge in [0.05, 0.1) is 19.2 Å². The van der Waals surface area contributed by atoms with Crippen LogP contribution in [0.2, 0.25) is 0 Å². The Morgan fingerprint density at radius 3 is 2.54 bits per heavy atom. The third-order valence-electron chi connectivity index (χ3n) is 3.70. The lowest BCUT2D eigenvalue weighted by molar-refractivity contribution is 0.413. The zero-order valence-electron chi connectivity index (χ0n) is 13.6. The minimum atomic E-state index is -0.258. The van der Waals surface area contributed by atoms with Crippen LogP contribution in [0.25, 0.3) is 11.5 Å². The molecule has 0 N–H and O–H groups in total. The molecule has 1 heterocycles. The maximum Gasteiger partial charge on any atom is 0.251 e. The summed E-state index contributed by atoms with van der Waals surface area (Å²) >= 11 is 0. The molecule has 0 spiro atoms. The quantitative estimate of drug-likeness (QED) is 0.687. The van der Waals surface area contributed by atoms with Gasteiger partial charge in [-0.15, -0.1) is 10.2 Å². The van der Waals surface area contributed by atoms with E-state index in [4.69, 9.17) is 9.15 Å². The molecular weight excluding hydrogens is 309 g/mol. The predicted octanol–water partition coefficient (Wildman–Crippen LogP) is 3.91. The third kappa shape index (κ3) is 3.37. The highest BCUT2D eigenvalue weighted by molar-refractivity contribution is 5.62. The van der Waals surface area contributed by atoms with Gasteiger partial charge in [0.2, 0.25) is 5.89 Å². The second-order valence-corrected chi connectivity index (χ2v) is 5.19. The van der Waals surface area contributed by atoms with Crippen LogP contribution < -0.4 is 9.64 Å². The molecule has 1 aromatic heterocycles. The number of ether oxygens (including phenoxy) is 1. The lowest BCUT2D eigenvalue weighted by Crippen LogP contribution is -2.22. The number of benzene rings is 2. The SMILES string of the molecule is CCN(Cc1nnc(-c2ccccc2OC)o1)c1ccc(F)cc1. The van der Waals surface area contributed by atoms with Crippen molar-refractivity contribution < 1.29 is 13.5 Å². The number of hydrogen-bond donors (Lipinski definition) is 0. The molecule has 0 saturated heterocycles. The van der Waals surface area contributed by atoms with Crippen LogP contribution >= 0.6 is 0 Å². The fourth-order valence-electron chi connectivity index (χ4n) is 2.45. The van der Waals surface area contributed by atoms with Gasteiger partial charge < -0.3 is 14.1 Å². The largest absolute Gasteiger partial charge is 0.496 e. The van der Waals surface area contributed by atoms with Crippen LogP contribution in [-0.4, -0.2) is 23.9 Å². The molecule has 0 radical (unpaired) electrons. The van der Waals surface area contributed by atoms with Gasteiger partial charge in [0.15, 0.2) is 0 Å². The normalized spacial score (nSPS) is 10.6. The van der Waals surface area contributed by atoms with Gasteiger partial charge in [0.25, 0.3) is 5.89 Å². The first-order chi connectivity index (χ1) is 11.7. The van der Waals surface area contributed by atoms with E-state index in [-0.39, 0.29) is 5.82 Å². The molecule has 0 aliphatic rings. The van der Waals surface area contributed by atoms with Crippen LogP contribution in [0.15, 0.2) is 52.9 Å². The van der Waals surface area contributed by atoms with Gasteiger partial charge in [0.1, 0.15) is 11.6 Å². The van der Waals surface area contributed by atoms with E-state index < -0.39 is 0 Å². The number of aromatic nitrogens is 2. The van der Waals surface area contributed by atoms with Crippen LogP contribution in [0.5, 0.6) is 5.75 Å². The van der Waals surface area contributed by atoms with Gasteiger partial charge in [-0.1, -0.05) is 12.1 Å². The average molecular weight is 327 g/mol. The molecule has 24 heavy (non-hydrogen) atoms. The van der Waals surface area contributed by atoms with E-state index in [9.17, 15) is 4.39 Å². The first-order valence-electron chi connectivity index (χ1n) is 7.67. The third-order valence-corrected chi connectivity index (χ3v) is 3.70. The summed E-state index contributed by atoms with van der Waals surface area (Å²) in [5, 5.41) is 8.22. The summed E-state index contributed by atoms with van der Waals surface area (Å²) in [6.45, 7) is 3.20. The van der Waals surface area contributed by atoms with E-state index in [0.717, 1.165) is 17.8 Å². The van der Waals surface area contributed by atoms with Crippen LogP contribution in [0.4, 0.5) is 10.1 Å². The van der Waals surface area contributed by atoms with Crippen molar-refractivity contribution in [2.45, 2.75) is 13.5 Å². The molecule has 0 amide bonds. The summed E-state index contributed by atoms with van der Waals surface area (Å²) in [5.41, 5.74) is 1.65. The van der Waals surface area contributed by atoms with Gasteiger partial charge in [-0.25, -0.2) is 4.39 Å². The summed E-state index contributed by atoms with van der Waals surface area (Å²) in [6, 6.07) is 13.8. The van der Waals surface area contributed by atoms with Crippen molar-refractivity contribution in [2.75, 3.05) is 18.6 Å². The highest BCUT2D eigenvalue weighted by atomic mass is 19.1. The Morgan fingerprint density at radius 2 is 1.83 bits per heavy atom. The molecular formula is C18H18FN3O2. The van der Waals surface area contributed by atoms with Crippen molar-refractivity contribution in [1.29, 1.82) is 0 Å². The summed E-state index contributed by atoms with van der Waals surface area (Å²) < 4.78 is 24.2. The number of halogens is 1. The van der Waals surface area contributed by atoms with Crippen LogP contribution in [0.3, 0.4) is 0 Å². The monoisotopic (exact) mass is 327 g/mol. The minimum absolute atomic E-state index is 0.258. The second-order valence-electron chi connectivity index (χ2n) is 5.19. The number of hydrogen-bond acceptors (Lipinski definition) is 5. The Balaban J connectivity index is 1.81. The fourth-order valence-corrected chi connectivity index (χ4v) is 2.45. The molecule has 0 aliphatic carbocycles. The summed E-state index contributed by atoms with van der Waals surface area (Å²) in [5.74, 6) is 1.32. The Labute approximate surface area is 139 Å². The number of rotatable bonds is 6. The number of nitrogens with zero attached hydrogens (tertiary/aromatic N) is 3. The van der Waals surface area contributed by atoms with Gasteiger partial charge >= 0.3 is 0 Å². The molecule has 3 aromatic rings. The predicted molar refractivity (Wildman–Crippen MR) is 89.4 cm³/mol. The van der Waals surface area contributed by atoms with Crippen molar-refractivity contribution >= 4 is 5.69 Å². The average Bonchev–Trinajstić information content (AvgIpc) is 3.09. The smallest absolute Gasteiger partial charge is 0.251 e. The highest BCUT2D eigenvalue weighted by Crippen LogP contribution is 2.28. The van der Waals surface area contributed by atoms with Crippen molar-refractivity contribution in [3.8, 4) is 17.2 Å². The molecule has 0 saturated carbocycles. The van der Waals surface area contributed by atoms with Crippen LogP contribution in [0, 0.1) is 5.82 Å². The highest BCUT2D eigenvalue weighted by Gasteiger charge is 2.15. The summed E-state index contributed by atoms with van der Waals surface area (Å²) in [7, 11) is 1.60. The first-order valence-corrected chi connectivity index (χ1v) is 7.67. The van der Waals surface area contributed by atoms with E-state index in [1.54, 1.807) is 19.2 Å². The zero-order chi connectivity index (χ0) is 16.9. The minimum Gasteiger partial charge on any atom is -0.496 e. The number of anilines is 1. The van der Waals surface area contributed by atoms with Gasteiger partial charge in [-0.05, 0) is 43.3 Å². The maximum atomic E-state index is 13.1. The van der Waals surface area contributed by atoms with Crippen molar-refractivity contribution in [1.82, 2.24) is 10.2 Å². The van der Waals surface area contributed by atoms with E-state index in [1.165, 1.54) is 12.1 Å². The zero-order valence-corrected chi connectivity index (χ0v) is 13.6. The molecule has 5 nitrogen and oxygen atoms in total. The first kappa shape index (κ1) is 16.0. The summed E-state index contributed by atoms with van der Waals surface area (Å²) in [6.07, 6.45) is 0. The van der Waals surface area contributed by atoms with Crippen LogP contribution in [0.1, 0.15) is 12.8 Å². The van der Waals surface area contributed by atoms with Crippen molar-refractivity contribution in [2.24, 2.45) is 0 Å². The van der Waals surface area contributed by atoms with Gasteiger partial charge in [0, 0.05) is 12.2 Å². The Bertz CT molecular complexity index is 802. The molecule has 0 aliphatic heterocycles. The Kier molecular flexibility index (Phi) is 4.74. The molecule has 0 fully saturated rings. The van der Waals surface area contributed by atoms with Crippen molar-refractivity contribution in [3.63, 3.8) is 0 Å². The molecule has 124 valence electrons. The molecule has 0 unspecified atom stereocenters. The van der Waals surface area contributed by atoms with E-state index in [1.807, 2.05) is 36.1 Å². The Hall–Kier alpha value is -2.89. The van der Waals surface area contributed by atoms with E-state index in [2.05, 4.69) is 10.2 Å². The Morgan fingerprint density at radius 1 is 1.08 bits per heavy atom. The van der Waals surface area contributed by atoms with Crippen LogP contribution in [-0.2, 0) is 6.54 Å². The lowest BCUT2D eigenvalue weighted by Gasteiger charge is -2.20. The molecule has 6 heteroatoms. The molecule has 2 aromatic carbocycles. The second kappa shape index (κ2) is 7.12. The number of para-hydroxylation sites is 1. The summed E-state index contributed by atoms with van der Waals surface area (Å²) in [4.78, 5) is 2.03. The van der Waals surface area contributed by atoms with Gasteiger partial charge in [-0.2, -0.15) is 0 Å². The molecule has 3 rings (SSSR count). The topological polar surface area (TPSA) is 51.4 Å². The standard InChI is InChI=1S/C18H18FN3O2/c1-3-22(14-10-8-13(19)9-11-14)12-17-20-21-18(24-17)15-6-4-5-7-16(15)23-2/h4-11H,3,12H2,1-2H3. The number of methoxy groups -OCH3 is 1. The van der Waals surface area contributed by atoms with E-state index in [0.29, 0.717) is 24.1 Å². The van der Waals surface area contributed by atoms with E-state index >= 15 is 0 Å². The molecule has 0 atom stereocenters. The molecule has 0 bridgehead atoms. The lowest BCUT2D eigenvalue weighted by atomic mass is 10.2. The van der Waals surface area contributed by atoms with Gasteiger partial charge in [-0.3, -0.25) is 0 Å². The maximum absolute atomic E-state index is 13.1. The fraction of sp³-hybridized carbons (Fsp3) is 0.222. The van der Waals surface area contributed by atoms with Crippen molar-refractivity contribution in [3.05, 3.63) is 60.2 Å².